The van der Waals surface area contributed by atoms with Crippen molar-refractivity contribution in [2.45, 2.75) is 142 Å². The average molecular weight is 1230 g/mol. The minimum absolute atomic E-state index is 0.00222. The van der Waals surface area contributed by atoms with Gasteiger partial charge in [-0.15, -0.1) is 10.2 Å². The molecule has 5 aromatic rings. The third-order valence-electron chi connectivity index (χ3n) is 15.9. The Morgan fingerprint density at radius 2 is 1.31 bits per heavy atom. The summed E-state index contributed by atoms with van der Waals surface area (Å²) >= 11 is 0. The van der Waals surface area contributed by atoms with Crippen LogP contribution in [0.3, 0.4) is 0 Å². The lowest BCUT2D eigenvalue weighted by Crippen LogP contribution is -2.59. The highest BCUT2D eigenvalue weighted by atomic mass is 16.7. The fraction of sp³-hybridized carbons (Fsp3) is 0.500. The number of phenolic OH excluding ortho intramolecular Hbond substituents is 2. The van der Waals surface area contributed by atoms with Crippen LogP contribution in [0.2, 0.25) is 0 Å². The van der Waals surface area contributed by atoms with Crippen molar-refractivity contribution in [1.82, 2.24) is 51.1 Å². The first-order valence-electron chi connectivity index (χ1n) is 31.0. The first-order valence-corrected chi connectivity index (χ1v) is 31.0. The minimum atomic E-state index is -1.13. The number of epoxide rings is 1. The SMILES string of the molecule is CCNC(=O)c1nnc(-c2cc(C(C)C)c(O)cc2O)n1-c1ccc(OC2CCN(C(=O)ON=C([C@H](CC(C)C)NC(=O)[C@H](Cc3ccccc3)NC(=O)[C@H](CC(C)C)NC(=O)[C@H](CCc3ccccc3)NC(=O)CN3CCOCC3)[C@@]3(C)CO3)CC2)cc1. The molecule has 1 aromatic heterocycles. The van der Waals surface area contributed by atoms with Gasteiger partial charge in [-0.2, -0.15) is 0 Å². The van der Waals surface area contributed by atoms with E-state index in [9.17, 15) is 39.0 Å². The van der Waals surface area contributed by atoms with Crippen LogP contribution in [0.5, 0.6) is 17.2 Å². The molecule has 4 aromatic carbocycles. The van der Waals surface area contributed by atoms with Crippen LogP contribution in [-0.2, 0) is 46.3 Å². The van der Waals surface area contributed by atoms with E-state index in [0.717, 1.165) is 11.1 Å². The van der Waals surface area contributed by atoms with Crippen molar-refractivity contribution in [2.24, 2.45) is 17.0 Å². The van der Waals surface area contributed by atoms with E-state index in [-0.39, 0.29) is 104 Å². The Balaban J connectivity index is 0.930. The number of hydrogen-bond acceptors (Lipinski definition) is 16. The number of morpholine rings is 1. The Kier molecular flexibility index (Phi) is 23.3. The summed E-state index contributed by atoms with van der Waals surface area (Å²) in [6, 6.07) is 24.9. The molecule has 89 heavy (non-hydrogen) atoms. The molecule has 0 unspecified atom stereocenters. The molecular formula is C66H87N11O12. The first-order chi connectivity index (χ1) is 42.7. The number of likely N-dealkylation sites (tertiary alicyclic amines) is 1. The third kappa shape index (κ3) is 18.6. The number of nitrogens with zero attached hydrogens (tertiary/aromatic N) is 6. The number of amides is 6. The maximum absolute atomic E-state index is 14.9. The van der Waals surface area contributed by atoms with Crippen LogP contribution in [0.1, 0.15) is 121 Å². The largest absolute Gasteiger partial charge is 0.508 e. The minimum Gasteiger partial charge on any atom is -0.508 e. The molecule has 7 N–H and O–H groups in total. The molecule has 8 rings (SSSR count). The zero-order valence-electron chi connectivity index (χ0n) is 52.3. The van der Waals surface area contributed by atoms with E-state index < -0.39 is 59.5 Å². The molecule has 0 spiro atoms. The number of piperidine rings is 1. The Labute approximate surface area is 520 Å². The Morgan fingerprint density at radius 3 is 1.93 bits per heavy atom. The van der Waals surface area contributed by atoms with E-state index in [2.05, 4.69) is 41.9 Å². The van der Waals surface area contributed by atoms with E-state index >= 15 is 0 Å². The van der Waals surface area contributed by atoms with Gasteiger partial charge in [-0.1, -0.05) is 107 Å². The van der Waals surface area contributed by atoms with Crippen molar-refractivity contribution in [2.75, 3.05) is 59.1 Å². The van der Waals surface area contributed by atoms with Crippen molar-refractivity contribution in [3.8, 4) is 34.3 Å². The molecule has 23 nitrogen and oxygen atoms in total. The molecule has 0 aliphatic carbocycles. The van der Waals surface area contributed by atoms with Gasteiger partial charge in [0.15, 0.2) is 5.82 Å². The van der Waals surface area contributed by atoms with Gasteiger partial charge in [-0.25, -0.2) is 4.79 Å². The number of oxime groups is 1. The quantitative estimate of drug-likeness (QED) is 0.0120. The van der Waals surface area contributed by atoms with Gasteiger partial charge in [-0.3, -0.25) is 38.3 Å². The zero-order valence-corrected chi connectivity index (χ0v) is 52.3. The van der Waals surface area contributed by atoms with Crippen molar-refractivity contribution >= 4 is 41.3 Å². The molecule has 3 saturated heterocycles. The first kappa shape index (κ1) is 66.5. The van der Waals surface area contributed by atoms with Gasteiger partial charge in [0.2, 0.25) is 29.5 Å². The Morgan fingerprint density at radius 1 is 0.719 bits per heavy atom. The smallest absolute Gasteiger partial charge is 0.435 e. The van der Waals surface area contributed by atoms with E-state index in [1.807, 2.05) is 114 Å². The van der Waals surface area contributed by atoms with Crippen molar-refractivity contribution in [1.29, 1.82) is 0 Å². The normalized spacial score (nSPS) is 17.7. The summed E-state index contributed by atoms with van der Waals surface area (Å²) in [7, 11) is 0. The zero-order chi connectivity index (χ0) is 63.8. The molecule has 0 bridgehead atoms. The monoisotopic (exact) mass is 1230 g/mol. The predicted octanol–water partition coefficient (Wildman–Crippen LogP) is 6.58. The van der Waals surface area contributed by atoms with Crippen molar-refractivity contribution < 1.29 is 58.0 Å². The lowest BCUT2D eigenvalue weighted by atomic mass is 9.92. The highest BCUT2D eigenvalue weighted by molar-refractivity contribution is 6.02. The van der Waals surface area contributed by atoms with Gasteiger partial charge >= 0.3 is 6.09 Å². The second-order valence-corrected chi connectivity index (χ2v) is 24.4. The number of rotatable bonds is 28. The molecule has 5 atom stereocenters. The molecule has 3 aliphatic rings. The van der Waals surface area contributed by atoms with Crippen LogP contribution < -0.4 is 31.3 Å². The van der Waals surface area contributed by atoms with Crippen molar-refractivity contribution in [3.05, 3.63) is 120 Å². The summed E-state index contributed by atoms with van der Waals surface area (Å²) in [5, 5.41) is 49.3. The second-order valence-electron chi connectivity index (χ2n) is 24.4. The predicted molar refractivity (Wildman–Crippen MR) is 335 cm³/mol. The van der Waals surface area contributed by atoms with Gasteiger partial charge in [0.05, 0.1) is 38.0 Å². The van der Waals surface area contributed by atoms with Gasteiger partial charge < -0.3 is 55.9 Å². The number of ether oxygens (including phenoxy) is 3. The maximum Gasteiger partial charge on any atom is 0.435 e. The number of hydrogen-bond donors (Lipinski definition) is 7. The van der Waals surface area contributed by atoms with Crippen molar-refractivity contribution in [3.63, 3.8) is 0 Å². The standard InChI is InChI=1S/C66H87N11O12/c1-9-67-64(84)60-73-72-59(50-37-49(43(6)7)55(78)38-56(50)79)77(60)46-21-23-47(24-22-46)88-48-26-28-76(29-27-48)65(85)89-74-58(66(8)40-87-66)52(34-41(2)3)69-63(83)54(36-45-18-14-11-15-19-45)71-62(82)53(35-42(4)5)70-61(81)51(25-20-44-16-12-10-13-17-44)68-57(80)39-75-30-32-86-33-31-75/h10-19,21-24,37-38,41-43,48,51-54,78-79H,9,20,25-36,39-40H2,1-8H3,(H,67,84)(H,68,80)(H,69,83)(H,70,81)(H,71,82)/t51-,52-,53-,54-,66+/m0/s1. The molecule has 4 heterocycles. The molecular weight excluding hydrogens is 1140 g/mol. The molecule has 3 aliphatic heterocycles. The number of carbonyl (C=O) groups excluding carboxylic acids is 6. The second kappa shape index (κ2) is 31.2. The molecule has 23 heteroatoms. The fourth-order valence-electron chi connectivity index (χ4n) is 11.0. The highest BCUT2D eigenvalue weighted by Crippen LogP contribution is 2.39. The van der Waals surface area contributed by atoms with E-state index in [4.69, 9.17) is 19.0 Å². The number of aryl methyl sites for hydroxylation is 1. The van der Waals surface area contributed by atoms with E-state index in [1.165, 1.54) is 10.6 Å². The summed E-state index contributed by atoms with van der Waals surface area (Å²) in [5.41, 5.74) is 2.49. The summed E-state index contributed by atoms with van der Waals surface area (Å²) in [6.07, 6.45) is 1.46. The topological polar surface area (TPSA) is 293 Å². The molecule has 0 saturated carbocycles. The number of aromatic hydroxyl groups is 2. The lowest BCUT2D eigenvalue weighted by Gasteiger charge is -2.31. The van der Waals surface area contributed by atoms with Gasteiger partial charge in [0.1, 0.15) is 52.8 Å². The van der Waals surface area contributed by atoms with Crippen LogP contribution in [0.4, 0.5) is 4.79 Å². The van der Waals surface area contributed by atoms with Crippen LogP contribution >= 0.6 is 0 Å². The summed E-state index contributed by atoms with van der Waals surface area (Å²) < 4.78 is 19.3. The molecule has 3 fully saturated rings. The molecule has 6 amide bonds. The highest BCUT2D eigenvalue weighted by Gasteiger charge is 2.49. The van der Waals surface area contributed by atoms with Gasteiger partial charge in [0, 0.05) is 63.7 Å². The number of aromatic nitrogens is 3. The summed E-state index contributed by atoms with van der Waals surface area (Å²) in [5.74, 6) is -2.07. The van der Waals surface area contributed by atoms with Crippen LogP contribution in [-0.4, -0.2) is 171 Å². The maximum atomic E-state index is 14.9. The van der Waals surface area contributed by atoms with Crippen LogP contribution in [0.25, 0.3) is 17.1 Å². The summed E-state index contributed by atoms with van der Waals surface area (Å²) in [6.45, 7) is 18.8. The Hall–Kier alpha value is -8.41. The number of benzene rings is 4. The Bertz CT molecular complexity index is 3230. The fourth-order valence-corrected chi connectivity index (χ4v) is 11.0. The van der Waals surface area contributed by atoms with Crippen LogP contribution in [0, 0.1) is 11.8 Å². The lowest BCUT2D eigenvalue weighted by molar-refractivity contribution is -0.134. The van der Waals surface area contributed by atoms with E-state index in [0.29, 0.717) is 81.2 Å². The third-order valence-corrected chi connectivity index (χ3v) is 15.9. The van der Waals surface area contributed by atoms with E-state index in [1.54, 1.807) is 42.2 Å². The molecule has 0 radical (unpaired) electrons. The van der Waals surface area contributed by atoms with Gasteiger partial charge in [0.25, 0.3) is 5.91 Å². The van der Waals surface area contributed by atoms with Gasteiger partial charge in [-0.05, 0) is 104 Å². The average Bonchev–Trinajstić information content (AvgIpc) is 2.51. The molecule has 478 valence electrons. The summed E-state index contributed by atoms with van der Waals surface area (Å²) in [4.78, 5) is 93.6. The van der Waals surface area contributed by atoms with Crippen LogP contribution in [0.15, 0.2) is 102 Å². The number of carbonyl (C=O) groups is 6. The number of nitrogens with one attached hydrogen (secondary N) is 5. The number of phenols is 2.